The van der Waals surface area contributed by atoms with E-state index in [9.17, 15) is 4.79 Å². The second-order valence-corrected chi connectivity index (χ2v) is 7.88. The van der Waals surface area contributed by atoms with E-state index >= 15 is 0 Å². The van der Waals surface area contributed by atoms with Crippen LogP contribution in [0.25, 0.3) is 0 Å². The molecule has 3 fully saturated rings. The molecule has 3 aliphatic rings. The van der Waals surface area contributed by atoms with Crippen molar-refractivity contribution in [3.63, 3.8) is 0 Å². The van der Waals surface area contributed by atoms with E-state index in [1.54, 1.807) is 12.1 Å². The first-order chi connectivity index (χ1) is 12.2. The first-order valence-corrected chi connectivity index (χ1v) is 9.60. The van der Waals surface area contributed by atoms with Crippen LogP contribution in [0.3, 0.4) is 0 Å². The molecule has 2 atom stereocenters. The maximum atomic E-state index is 12.7. The van der Waals surface area contributed by atoms with E-state index in [0.29, 0.717) is 23.1 Å². The third kappa shape index (κ3) is 4.28. The zero-order chi connectivity index (χ0) is 17.3. The number of hydrogen-bond donors (Lipinski definition) is 2. The lowest BCUT2D eigenvalue weighted by atomic mass is 9.92. The Labute approximate surface area is 165 Å². The summed E-state index contributed by atoms with van der Waals surface area (Å²) in [6.07, 6.45) is 5.41. The van der Waals surface area contributed by atoms with Gasteiger partial charge < -0.3 is 20.1 Å². The minimum absolute atomic E-state index is 0. The van der Waals surface area contributed by atoms with Crippen LogP contribution >= 0.6 is 24.0 Å². The zero-order valence-electron chi connectivity index (χ0n) is 14.8. The molecule has 1 amide bonds. The molecule has 26 heavy (non-hydrogen) atoms. The normalized spacial score (nSPS) is 26.2. The highest BCUT2D eigenvalue weighted by atomic mass is 35.5. The molecular formula is C19H26Cl2N2O3. The predicted molar refractivity (Wildman–Crippen MR) is 104 cm³/mol. The molecule has 1 aromatic rings. The number of piperidine rings is 1. The summed E-state index contributed by atoms with van der Waals surface area (Å²) in [5.41, 5.74) is 0.874. The Hall–Kier alpha value is -1.01. The number of rotatable bonds is 5. The standard InChI is InChI=1S/C19H25ClN2O3.ClH/c20-13-3-4-17(25-12-14-2-1-9-24-14)16(10-13)22-18(23)15-11-19(15)5-7-21-8-6-19;/h3-4,10,14-15,21H,1-2,5-9,11-12H2,(H,22,23);1H. The van der Waals surface area contributed by atoms with Crippen LogP contribution in [0, 0.1) is 11.3 Å². The Morgan fingerprint density at radius 2 is 2.19 bits per heavy atom. The summed E-state index contributed by atoms with van der Waals surface area (Å²) in [6, 6.07) is 5.37. The molecule has 0 radical (unpaired) electrons. The number of ether oxygens (including phenoxy) is 2. The Kier molecular flexibility index (Phi) is 6.33. The van der Waals surface area contributed by atoms with E-state index in [-0.39, 0.29) is 35.8 Å². The first-order valence-electron chi connectivity index (χ1n) is 9.22. The van der Waals surface area contributed by atoms with Crippen LogP contribution < -0.4 is 15.4 Å². The van der Waals surface area contributed by atoms with Crippen molar-refractivity contribution in [2.24, 2.45) is 11.3 Å². The third-order valence-corrected chi connectivity index (χ3v) is 5.99. The van der Waals surface area contributed by atoms with Crippen LogP contribution in [0.15, 0.2) is 18.2 Å². The number of anilines is 1. The van der Waals surface area contributed by atoms with Gasteiger partial charge in [-0.05, 0) is 68.8 Å². The highest BCUT2D eigenvalue weighted by molar-refractivity contribution is 6.31. The first kappa shape index (κ1) is 19.7. The lowest BCUT2D eigenvalue weighted by Gasteiger charge is -2.23. The van der Waals surface area contributed by atoms with Crippen molar-refractivity contribution in [3.8, 4) is 5.75 Å². The van der Waals surface area contributed by atoms with Crippen molar-refractivity contribution < 1.29 is 14.3 Å². The van der Waals surface area contributed by atoms with Crippen molar-refractivity contribution in [2.45, 2.75) is 38.2 Å². The van der Waals surface area contributed by atoms with Crippen LogP contribution in [-0.2, 0) is 9.53 Å². The molecule has 2 N–H and O–H groups in total. The molecule has 5 nitrogen and oxygen atoms in total. The summed E-state index contributed by atoms with van der Waals surface area (Å²) in [6.45, 7) is 3.33. The minimum Gasteiger partial charge on any atom is -0.489 e. The lowest BCUT2D eigenvalue weighted by Crippen LogP contribution is -2.31. The van der Waals surface area contributed by atoms with Crippen LogP contribution in [-0.4, -0.2) is 38.3 Å². The summed E-state index contributed by atoms with van der Waals surface area (Å²) >= 11 is 6.13. The molecule has 7 heteroatoms. The molecule has 2 heterocycles. The molecule has 1 saturated carbocycles. The van der Waals surface area contributed by atoms with Crippen LogP contribution in [0.4, 0.5) is 5.69 Å². The number of benzene rings is 1. The molecule has 0 bridgehead atoms. The van der Waals surface area contributed by atoms with E-state index < -0.39 is 0 Å². The number of nitrogens with one attached hydrogen (secondary N) is 2. The van der Waals surface area contributed by atoms with Gasteiger partial charge in [-0.15, -0.1) is 12.4 Å². The maximum absolute atomic E-state index is 12.7. The average Bonchev–Trinajstić information content (AvgIpc) is 3.05. The van der Waals surface area contributed by atoms with Gasteiger partial charge in [0.25, 0.3) is 0 Å². The average molecular weight is 401 g/mol. The predicted octanol–water partition coefficient (Wildman–Crippen LogP) is 3.65. The molecule has 1 aliphatic carbocycles. The van der Waals surface area contributed by atoms with Crippen molar-refractivity contribution in [2.75, 3.05) is 31.6 Å². The van der Waals surface area contributed by atoms with Crippen molar-refractivity contribution in [3.05, 3.63) is 23.2 Å². The van der Waals surface area contributed by atoms with E-state index in [0.717, 1.165) is 51.8 Å². The molecule has 2 saturated heterocycles. The number of carbonyl (C=O) groups is 1. The quantitative estimate of drug-likeness (QED) is 0.791. The van der Waals surface area contributed by atoms with Gasteiger partial charge >= 0.3 is 0 Å². The van der Waals surface area contributed by atoms with Gasteiger partial charge in [0.15, 0.2) is 0 Å². The van der Waals surface area contributed by atoms with E-state index in [1.165, 1.54) is 0 Å². The number of halogens is 2. The van der Waals surface area contributed by atoms with Gasteiger partial charge in [0.05, 0.1) is 11.8 Å². The Morgan fingerprint density at radius 3 is 2.92 bits per heavy atom. The zero-order valence-corrected chi connectivity index (χ0v) is 16.3. The Bertz CT molecular complexity index is 644. The number of hydrogen-bond acceptors (Lipinski definition) is 4. The SMILES string of the molecule is Cl.O=C(Nc1cc(Cl)ccc1OCC1CCCO1)C1CC12CCNCC2. The van der Waals surface area contributed by atoms with E-state index in [2.05, 4.69) is 10.6 Å². The largest absolute Gasteiger partial charge is 0.489 e. The van der Waals surface area contributed by atoms with Gasteiger partial charge in [-0.25, -0.2) is 0 Å². The monoisotopic (exact) mass is 400 g/mol. The molecule has 144 valence electrons. The van der Waals surface area contributed by atoms with Crippen LogP contribution in [0.5, 0.6) is 5.75 Å². The Balaban J connectivity index is 0.00000196. The lowest BCUT2D eigenvalue weighted by molar-refractivity contribution is -0.118. The van der Waals surface area contributed by atoms with Crippen LogP contribution in [0.1, 0.15) is 32.1 Å². The van der Waals surface area contributed by atoms with E-state index in [1.807, 2.05) is 6.07 Å². The Morgan fingerprint density at radius 1 is 1.38 bits per heavy atom. The highest BCUT2D eigenvalue weighted by Crippen LogP contribution is 2.58. The van der Waals surface area contributed by atoms with Gasteiger partial charge in [-0.3, -0.25) is 4.79 Å². The summed E-state index contributed by atoms with van der Waals surface area (Å²) in [5.74, 6) is 0.860. The topological polar surface area (TPSA) is 59.6 Å². The summed E-state index contributed by atoms with van der Waals surface area (Å²) < 4.78 is 11.5. The van der Waals surface area contributed by atoms with Gasteiger partial charge in [-0.1, -0.05) is 11.6 Å². The maximum Gasteiger partial charge on any atom is 0.228 e. The summed E-state index contributed by atoms with van der Waals surface area (Å²) in [4.78, 5) is 12.7. The second-order valence-electron chi connectivity index (χ2n) is 7.44. The van der Waals surface area contributed by atoms with Gasteiger partial charge in [-0.2, -0.15) is 0 Å². The smallest absolute Gasteiger partial charge is 0.228 e. The second kappa shape index (κ2) is 8.34. The van der Waals surface area contributed by atoms with Crippen molar-refractivity contribution in [1.82, 2.24) is 5.32 Å². The van der Waals surface area contributed by atoms with Gasteiger partial charge in [0.1, 0.15) is 12.4 Å². The van der Waals surface area contributed by atoms with E-state index in [4.69, 9.17) is 21.1 Å². The molecule has 1 aromatic carbocycles. The number of amides is 1. The fourth-order valence-corrected chi connectivity index (χ4v) is 4.27. The molecule has 2 unspecified atom stereocenters. The molecule has 4 rings (SSSR count). The molecule has 2 aliphatic heterocycles. The van der Waals surface area contributed by atoms with Gasteiger partial charge in [0.2, 0.25) is 5.91 Å². The summed E-state index contributed by atoms with van der Waals surface area (Å²) in [7, 11) is 0. The van der Waals surface area contributed by atoms with Crippen molar-refractivity contribution in [1.29, 1.82) is 0 Å². The number of carbonyl (C=O) groups excluding carboxylic acids is 1. The van der Waals surface area contributed by atoms with Gasteiger partial charge in [0, 0.05) is 17.5 Å². The minimum atomic E-state index is 0. The molecule has 0 aromatic heterocycles. The third-order valence-electron chi connectivity index (χ3n) is 5.75. The highest BCUT2D eigenvalue weighted by Gasteiger charge is 2.57. The van der Waals surface area contributed by atoms with Crippen LogP contribution in [0.2, 0.25) is 5.02 Å². The summed E-state index contributed by atoms with van der Waals surface area (Å²) in [5, 5.41) is 7.01. The fourth-order valence-electron chi connectivity index (χ4n) is 4.10. The molecular weight excluding hydrogens is 375 g/mol. The molecule has 1 spiro atoms. The van der Waals surface area contributed by atoms with Crippen molar-refractivity contribution >= 4 is 35.6 Å². The fraction of sp³-hybridized carbons (Fsp3) is 0.632.